The van der Waals surface area contributed by atoms with Crippen molar-refractivity contribution in [2.75, 3.05) is 5.32 Å². The first-order chi connectivity index (χ1) is 12.0. The Morgan fingerprint density at radius 2 is 1.50 bits per heavy atom. The summed E-state index contributed by atoms with van der Waals surface area (Å²) in [7, 11) is 0. The van der Waals surface area contributed by atoms with Crippen LogP contribution in [-0.2, 0) is 28.5 Å². The molecule has 2 rings (SSSR count). The van der Waals surface area contributed by atoms with Crippen LogP contribution in [0, 0.1) is 0 Å². The third kappa shape index (κ3) is 5.01. The number of nitrogens with one attached hydrogen (secondary N) is 2. The molecule has 0 saturated heterocycles. The summed E-state index contributed by atoms with van der Waals surface area (Å²) in [5.74, 6) is -2.39. The van der Waals surface area contributed by atoms with E-state index in [1.165, 1.54) is 18.4 Å². The van der Waals surface area contributed by atoms with Gasteiger partial charge in [-0.1, -0.05) is 0 Å². The minimum atomic E-state index is -5.07. The van der Waals surface area contributed by atoms with E-state index in [2.05, 4.69) is 5.32 Å². The fraction of sp³-hybridized carbons (Fsp3) is 0.200. The van der Waals surface area contributed by atoms with Gasteiger partial charge in [-0.15, -0.1) is 0 Å². The molecule has 0 aliphatic carbocycles. The van der Waals surface area contributed by atoms with Gasteiger partial charge in [0.2, 0.25) is 0 Å². The minimum absolute atomic E-state index is 0.0906. The monoisotopic (exact) mass is 380 g/mol. The number of alkyl halides is 6. The zero-order valence-electron chi connectivity index (χ0n) is 12.7. The van der Waals surface area contributed by atoms with E-state index in [0.717, 1.165) is 0 Å². The van der Waals surface area contributed by atoms with Gasteiger partial charge >= 0.3 is 24.2 Å². The normalized spacial score (nSPS) is 11.9. The highest BCUT2D eigenvalue weighted by atomic mass is 19.4. The van der Waals surface area contributed by atoms with E-state index in [1.807, 2.05) is 0 Å². The molecule has 0 atom stereocenters. The second kappa shape index (κ2) is 7.10. The summed E-state index contributed by atoms with van der Waals surface area (Å²) in [4.78, 5) is 23.3. The summed E-state index contributed by atoms with van der Waals surface area (Å²) in [5.41, 5.74) is -4.04. The van der Waals surface area contributed by atoms with E-state index >= 15 is 0 Å². The third-order valence-electron chi connectivity index (χ3n) is 3.06. The average molecular weight is 380 g/mol. The number of hydrogen-bond acceptors (Lipinski definition) is 3. The minimum Gasteiger partial charge on any atom is -0.467 e. The van der Waals surface area contributed by atoms with E-state index in [4.69, 9.17) is 4.42 Å². The van der Waals surface area contributed by atoms with Crippen molar-refractivity contribution in [3.63, 3.8) is 0 Å². The molecule has 5 nitrogen and oxygen atoms in total. The van der Waals surface area contributed by atoms with E-state index in [9.17, 15) is 35.9 Å². The molecule has 11 heteroatoms. The first-order valence-corrected chi connectivity index (χ1v) is 6.88. The molecule has 0 bridgehead atoms. The summed E-state index contributed by atoms with van der Waals surface area (Å²) in [5, 5.41) is 3.82. The van der Waals surface area contributed by atoms with Crippen LogP contribution in [0.3, 0.4) is 0 Å². The van der Waals surface area contributed by atoms with Crippen LogP contribution in [0.5, 0.6) is 0 Å². The lowest BCUT2D eigenvalue weighted by Gasteiger charge is -2.14. The van der Waals surface area contributed by atoms with Crippen LogP contribution in [0.25, 0.3) is 0 Å². The zero-order valence-corrected chi connectivity index (χ0v) is 12.7. The predicted octanol–water partition coefficient (Wildman–Crippen LogP) is 3.57. The molecule has 140 valence electrons. The van der Waals surface area contributed by atoms with Crippen molar-refractivity contribution >= 4 is 17.5 Å². The van der Waals surface area contributed by atoms with Gasteiger partial charge in [-0.3, -0.25) is 9.59 Å². The van der Waals surface area contributed by atoms with Crippen molar-refractivity contribution in [1.82, 2.24) is 5.32 Å². The molecular weight excluding hydrogens is 370 g/mol. The molecule has 1 heterocycles. The molecule has 1 aromatic heterocycles. The molecule has 0 spiro atoms. The van der Waals surface area contributed by atoms with Crippen molar-refractivity contribution in [2.24, 2.45) is 0 Å². The van der Waals surface area contributed by atoms with Gasteiger partial charge in [-0.2, -0.15) is 26.3 Å². The van der Waals surface area contributed by atoms with Gasteiger partial charge < -0.3 is 15.1 Å². The second-order valence-corrected chi connectivity index (χ2v) is 5.01. The Morgan fingerprint density at radius 3 is 1.96 bits per heavy atom. The quantitative estimate of drug-likeness (QED) is 0.632. The molecule has 2 N–H and O–H groups in total. The van der Waals surface area contributed by atoms with Gasteiger partial charge in [-0.25, -0.2) is 0 Å². The third-order valence-corrected chi connectivity index (χ3v) is 3.06. The maximum atomic E-state index is 12.7. The summed E-state index contributed by atoms with van der Waals surface area (Å²) >= 11 is 0. The summed E-state index contributed by atoms with van der Waals surface area (Å²) in [6.45, 7) is -0.185. The number of furan rings is 1. The van der Waals surface area contributed by atoms with E-state index in [1.54, 1.807) is 5.32 Å². The van der Waals surface area contributed by atoms with Crippen LogP contribution >= 0.6 is 0 Å². The number of carbonyl (C=O) groups is 2. The van der Waals surface area contributed by atoms with Crippen molar-refractivity contribution in [3.8, 4) is 0 Å². The van der Waals surface area contributed by atoms with E-state index < -0.39 is 41.0 Å². The highest BCUT2D eigenvalue weighted by molar-refractivity contribution is 6.39. The molecule has 0 aliphatic rings. The van der Waals surface area contributed by atoms with Gasteiger partial charge in [0.15, 0.2) is 0 Å². The van der Waals surface area contributed by atoms with Gasteiger partial charge in [0, 0.05) is 5.69 Å². The summed E-state index contributed by atoms with van der Waals surface area (Å²) in [6.07, 6.45) is -8.83. The predicted molar refractivity (Wildman–Crippen MR) is 75.6 cm³/mol. The molecule has 2 aromatic rings. The molecule has 0 radical (unpaired) electrons. The van der Waals surface area contributed by atoms with Crippen LogP contribution in [0.15, 0.2) is 41.0 Å². The number of anilines is 1. The average Bonchev–Trinajstić information content (AvgIpc) is 3.04. The highest BCUT2D eigenvalue weighted by Gasteiger charge is 2.37. The first-order valence-electron chi connectivity index (χ1n) is 6.88. The Morgan fingerprint density at radius 1 is 0.923 bits per heavy atom. The van der Waals surface area contributed by atoms with Gasteiger partial charge in [0.25, 0.3) is 0 Å². The molecule has 0 unspecified atom stereocenters. The Labute approximate surface area is 142 Å². The molecule has 0 aliphatic heterocycles. The number of benzene rings is 1. The maximum absolute atomic E-state index is 12.7. The largest absolute Gasteiger partial charge is 0.467 e. The number of amides is 2. The number of halogens is 6. The smallest absolute Gasteiger partial charge is 0.416 e. The summed E-state index contributed by atoms with van der Waals surface area (Å²) < 4.78 is 81.3. The van der Waals surface area contributed by atoms with Crippen molar-refractivity contribution in [2.45, 2.75) is 18.9 Å². The Balaban J connectivity index is 2.16. The molecule has 0 fully saturated rings. The number of carbonyl (C=O) groups excluding carboxylic acids is 2. The lowest BCUT2D eigenvalue weighted by atomic mass is 10.1. The van der Waals surface area contributed by atoms with Gasteiger partial charge in [-0.05, 0) is 30.3 Å². The number of rotatable bonds is 3. The Bertz CT molecular complexity index is 764. The molecule has 0 saturated carbocycles. The topological polar surface area (TPSA) is 71.3 Å². The maximum Gasteiger partial charge on any atom is 0.416 e. The van der Waals surface area contributed by atoms with Crippen LogP contribution in [-0.4, -0.2) is 11.8 Å². The molecule has 26 heavy (non-hydrogen) atoms. The lowest BCUT2D eigenvalue weighted by molar-refractivity contribution is -0.143. The van der Waals surface area contributed by atoms with Crippen molar-refractivity contribution in [3.05, 3.63) is 53.5 Å². The van der Waals surface area contributed by atoms with Crippen LogP contribution in [0.4, 0.5) is 32.0 Å². The Kier molecular flexibility index (Phi) is 5.28. The standard InChI is InChI=1S/C15H10F6N2O3/c16-14(17,18)8-4-9(15(19,20)21)6-10(5-8)23-13(25)12(24)22-7-11-2-1-3-26-11/h1-6H,7H2,(H,22,24)(H,23,25). The van der Waals surface area contributed by atoms with E-state index in [0.29, 0.717) is 17.9 Å². The van der Waals surface area contributed by atoms with Gasteiger partial charge in [0.1, 0.15) is 5.76 Å². The van der Waals surface area contributed by atoms with Crippen LogP contribution in [0.2, 0.25) is 0 Å². The van der Waals surface area contributed by atoms with Crippen molar-refractivity contribution in [1.29, 1.82) is 0 Å². The summed E-state index contributed by atoms with van der Waals surface area (Å²) in [6, 6.07) is 3.51. The van der Waals surface area contributed by atoms with Gasteiger partial charge in [0.05, 0.1) is 23.9 Å². The fourth-order valence-corrected chi connectivity index (χ4v) is 1.88. The SMILES string of the molecule is O=C(NCc1ccco1)C(=O)Nc1cc(C(F)(F)F)cc(C(F)(F)F)c1. The fourth-order valence-electron chi connectivity index (χ4n) is 1.88. The molecule has 1 aromatic carbocycles. The first kappa shape index (κ1) is 19.3. The van der Waals surface area contributed by atoms with Crippen molar-refractivity contribution < 1.29 is 40.3 Å². The molecular formula is C15H10F6N2O3. The lowest BCUT2D eigenvalue weighted by Crippen LogP contribution is -2.35. The number of hydrogen-bond donors (Lipinski definition) is 2. The Hall–Kier alpha value is -2.98. The van der Waals surface area contributed by atoms with Crippen LogP contribution in [0.1, 0.15) is 16.9 Å². The zero-order chi connectivity index (χ0) is 19.5. The van der Waals surface area contributed by atoms with E-state index in [-0.39, 0.29) is 12.6 Å². The van der Waals surface area contributed by atoms with Crippen LogP contribution < -0.4 is 10.6 Å². The molecule has 2 amide bonds. The second-order valence-electron chi connectivity index (χ2n) is 5.01. The highest BCUT2D eigenvalue weighted by Crippen LogP contribution is 2.37.